The minimum Gasteiger partial charge on any atom is -0.493 e. The van der Waals surface area contributed by atoms with Gasteiger partial charge in [0.05, 0.1) is 21.1 Å². The molecule has 0 aliphatic heterocycles. The van der Waals surface area contributed by atoms with Gasteiger partial charge in [-0.1, -0.05) is 6.07 Å². The van der Waals surface area contributed by atoms with E-state index in [0.717, 1.165) is 10.9 Å². The van der Waals surface area contributed by atoms with Gasteiger partial charge >= 0.3 is 0 Å². The van der Waals surface area contributed by atoms with E-state index in [0.29, 0.717) is 11.5 Å². The Morgan fingerprint density at radius 1 is 1.21 bits per heavy atom. The highest BCUT2D eigenvalue weighted by molar-refractivity contribution is 5.82. The standard InChI is InChI=1S/C11H11NO2/c1-13-10-6-8-4-3-5-12-9(8)7-11(10)14-2/h3-7H,1-2H3/i5T. The second kappa shape index (κ2) is 3.54. The van der Waals surface area contributed by atoms with E-state index in [4.69, 9.17) is 10.8 Å². The van der Waals surface area contributed by atoms with Crippen molar-refractivity contribution in [2.24, 2.45) is 0 Å². The molecule has 0 N–H and O–H groups in total. The molecule has 0 saturated heterocycles. The molecule has 0 saturated carbocycles. The van der Waals surface area contributed by atoms with E-state index in [1.807, 2.05) is 12.1 Å². The fourth-order valence-electron chi connectivity index (χ4n) is 1.35. The zero-order chi connectivity index (χ0) is 10.8. The summed E-state index contributed by atoms with van der Waals surface area (Å²) in [4.78, 5) is 4.09. The van der Waals surface area contributed by atoms with Crippen LogP contribution in [0.3, 0.4) is 0 Å². The van der Waals surface area contributed by atoms with Gasteiger partial charge in [0.2, 0.25) is 0 Å². The van der Waals surface area contributed by atoms with Crippen LogP contribution in [0.15, 0.2) is 30.4 Å². The monoisotopic (exact) mass is 191 g/mol. The summed E-state index contributed by atoms with van der Waals surface area (Å²) in [6, 6.07) is 7.10. The SMILES string of the molecule is [3H]c1ccc2cc(OC)c(OC)cc2n1. The summed E-state index contributed by atoms with van der Waals surface area (Å²) in [6.07, 6.45) is 0.245. The van der Waals surface area contributed by atoms with Crippen LogP contribution in [0, 0.1) is 0 Å². The first-order valence-corrected chi connectivity index (χ1v) is 4.24. The lowest BCUT2D eigenvalue weighted by Crippen LogP contribution is -1.90. The molecule has 0 radical (unpaired) electrons. The molecule has 1 heterocycles. The lowest BCUT2D eigenvalue weighted by atomic mass is 10.2. The highest BCUT2D eigenvalue weighted by atomic mass is 16.5. The maximum atomic E-state index is 7.42. The quantitative estimate of drug-likeness (QED) is 0.729. The number of benzene rings is 1. The molecule has 1 aromatic heterocycles. The first-order valence-electron chi connectivity index (χ1n) is 4.74. The number of pyridine rings is 1. The minimum atomic E-state index is 0.245. The van der Waals surface area contributed by atoms with Crippen LogP contribution in [-0.2, 0) is 0 Å². The van der Waals surface area contributed by atoms with Crippen molar-refractivity contribution in [2.75, 3.05) is 14.2 Å². The van der Waals surface area contributed by atoms with Crippen molar-refractivity contribution in [1.82, 2.24) is 4.98 Å². The largest absolute Gasteiger partial charge is 0.493 e. The van der Waals surface area contributed by atoms with Gasteiger partial charge in [0, 0.05) is 17.6 Å². The number of hydrogen-bond acceptors (Lipinski definition) is 3. The van der Waals surface area contributed by atoms with Gasteiger partial charge < -0.3 is 9.47 Å². The number of ether oxygens (including phenoxy) is 2. The van der Waals surface area contributed by atoms with Crippen molar-refractivity contribution in [1.29, 1.82) is 0 Å². The molecule has 0 spiro atoms. The second-order valence-electron chi connectivity index (χ2n) is 2.84. The number of hydrogen-bond donors (Lipinski definition) is 0. The summed E-state index contributed by atoms with van der Waals surface area (Å²) in [5.74, 6) is 1.30. The Labute approximate surface area is 83.7 Å². The average molecular weight is 191 g/mol. The lowest BCUT2D eigenvalue weighted by Gasteiger charge is -2.08. The third kappa shape index (κ3) is 1.37. The van der Waals surface area contributed by atoms with Gasteiger partial charge in [0.25, 0.3) is 0 Å². The average Bonchev–Trinajstić information content (AvgIpc) is 2.27. The topological polar surface area (TPSA) is 31.4 Å². The normalized spacial score (nSPS) is 11.1. The Balaban J connectivity index is 2.69. The van der Waals surface area contributed by atoms with Crippen LogP contribution >= 0.6 is 0 Å². The molecular formula is C11H11NO2. The van der Waals surface area contributed by atoms with Crippen LogP contribution in [-0.4, -0.2) is 19.2 Å². The highest BCUT2D eigenvalue weighted by Gasteiger charge is 2.05. The third-order valence-corrected chi connectivity index (χ3v) is 2.06. The van der Waals surface area contributed by atoms with Crippen molar-refractivity contribution in [2.45, 2.75) is 0 Å². The van der Waals surface area contributed by atoms with Gasteiger partial charge in [0.15, 0.2) is 11.5 Å². The number of rotatable bonds is 2. The molecule has 0 unspecified atom stereocenters. The van der Waals surface area contributed by atoms with E-state index in [-0.39, 0.29) is 6.17 Å². The predicted octanol–water partition coefficient (Wildman–Crippen LogP) is 2.25. The Morgan fingerprint density at radius 3 is 2.64 bits per heavy atom. The Bertz CT molecular complexity index is 499. The molecule has 0 atom stereocenters. The van der Waals surface area contributed by atoms with Crippen LogP contribution in [0.25, 0.3) is 10.9 Å². The van der Waals surface area contributed by atoms with E-state index >= 15 is 0 Å². The van der Waals surface area contributed by atoms with Crippen LogP contribution < -0.4 is 9.47 Å². The summed E-state index contributed by atoms with van der Waals surface area (Å²) >= 11 is 0. The van der Waals surface area contributed by atoms with Crippen molar-refractivity contribution in [3.8, 4) is 11.5 Å². The molecule has 0 bridgehead atoms. The molecule has 1 aromatic carbocycles. The molecule has 3 heteroatoms. The van der Waals surface area contributed by atoms with E-state index in [1.54, 1.807) is 26.4 Å². The van der Waals surface area contributed by atoms with Gasteiger partial charge in [-0.15, -0.1) is 0 Å². The molecule has 72 valence electrons. The van der Waals surface area contributed by atoms with Crippen LogP contribution in [0.2, 0.25) is 0 Å². The van der Waals surface area contributed by atoms with E-state index in [9.17, 15) is 0 Å². The molecule has 14 heavy (non-hydrogen) atoms. The maximum absolute atomic E-state index is 7.42. The molecule has 0 fully saturated rings. The molecule has 0 aliphatic carbocycles. The maximum Gasteiger partial charge on any atom is 0.162 e. The van der Waals surface area contributed by atoms with Crippen molar-refractivity contribution >= 4 is 10.9 Å². The minimum absolute atomic E-state index is 0.245. The fraction of sp³-hybridized carbons (Fsp3) is 0.182. The molecular weight excluding hydrogens is 178 g/mol. The number of nitrogens with zero attached hydrogens (tertiary/aromatic N) is 1. The summed E-state index contributed by atoms with van der Waals surface area (Å²) < 4.78 is 17.8. The number of fused-ring (bicyclic) bond motifs is 1. The van der Waals surface area contributed by atoms with Crippen molar-refractivity contribution < 1.29 is 10.8 Å². The van der Waals surface area contributed by atoms with Crippen LogP contribution in [0.1, 0.15) is 1.37 Å². The lowest BCUT2D eigenvalue weighted by molar-refractivity contribution is 0.356. The van der Waals surface area contributed by atoms with Crippen LogP contribution in [0.5, 0.6) is 11.5 Å². The van der Waals surface area contributed by atoms with Gasteiger partial charge in [-0.25, -0.2) is 0 Å². The zero-order valence-electron chi connectivity index (χ0n) is 9.07. The van der Waals surface area contributed by atoms with Crippen molar-refractivity contribution in [3.63, 3.8) is 0 Å². The second-order valence-corrected chi connectivity index (χ2v) is 2.84. The van der Waals surface area contributed by atoms with Gasteiger partial charge in [-0.05, 0) is 12.1 Å². The summed E-state index contributed by atoms with van der Waals surface area (Å²) in [7, 11) is 3.17. The van der Waals surface area contributed by atoms with Crippen LogP contribution in [0.4, 0.5) is 0 Å². The molecule has 0 aliphatic rings. The molecule has 3 nitrogen and oxygen atoms in total. The summed E-state index contributed by atoms with van der Waals surface area (Å²) in [5, 5.41) is 0.934. The Morgan fingerprint density at radius 2 is 1.93 bits per heavy atom. The summed E-state index contributed by atoms with van der Waals surface area (Å²) in [5.41, 5.74) is 0.736. The van der Waals surface area contributed by atoms with Gasteiger partial charge in [0.1, 0.15) is 0 Å². The van der Waals surface area contributed by atoms with E-state index < -0.39 is 0 Å². The number of methoxy groups -OCH3 is 2. The van der Waals surface area contributed by atoms with Gasteiger partial charge in [-0.3, -0.25) is 4.98 Å². The first-order chi connectivity index (χ1) is 7.24. The fourth-order valence-corrected chi connectivity index (χ4v) is 1.35. The Hall–Kier alpha value is -1.77. The molecule has 0 amide bonds. The molecule has 2 rings (SSSR count). The molecule has 2 aromatic rings. The van der Waals surface area contributed by atoms with Crippen molar-refractivity contribution in [3.05, 3.63) is 30.4 Å². The highest BCUT2D eigenvalue weighted by Crippen LogP contribution is 2.30. The smallest absolute Gasteiger partial charge is 0.162 e. The van der Waals surface area contributed by atoms with Gasteiger partial charge in [-0.2, -0.15) is 0 Å². The number of aromatic nitrogens is 1. The Kier molecular flexibility index (Phi) is 1.92. The third-order valence-electron chi connectivity index (χ3n) is 2.06. The summed E-state index contributed by atoms with van der Waals surface area (Å²) in [6.45, 7) is 0. The predicted molar refractivity (Wildman–Crippen MR) is 54.8 cm³/mol. The van der Waals surface area contributed by atoms with E-state index in [1.165, 1.54) is 0 Å². The first kappa shape index (κ1) is 7.62. The zero-order valence-corrected chi connectivity index (χ0v) is 8.07. The van der Waals surface area contributed by atoms with E-state index in [2.05, 4.69) is 4.98 Å².